The van der Waals surface area contributed by atoms with Gasteiger partial charge in [0, 0.05) is 47.5 Å². The molecule has 0 saturated heterocycles. The molecule has 4 aromatic rings. The van der Waals surface area contributed by atoms with Crippen molar-refractivity contribution in [1.82, 2.24) is 19.5 Å². The molecule has 1 N–H and O–H groups in total. The summed E-state index contributed by atoms with van der Waals surface area (Å²) in [4.78, 5) is 13.4. The van der Waals surface area contributed by atoms with Crippen molar-refractivity contribution in [2.45, 2.75) is 24.8 Å². The van der Waals surface area contributed by atoms with Crippen LogP contribution in [0.4, 0.5) is 11.6 Å². The average Bonchev–Trinajstić information content (AvgIpc) is 3.08. The van der Waals surface area contributed by atoms with Gasteiger partial charge in [0.1, 0.15) is 0 Å². The maximum absolute atomic E-state index is 11.8. The normalized spacial score (nSPS) is 11.9. The summed E-state index contributed by atoms with van der Waals surface area (Å²) in [7, 11) is -3.29. The van der Waals surface area contributed by atoms with Gasteiger partial charge < -0.3 is 9.88 Å². The summed E-state index contributed by atoms with van der Waals surface area (Å²) in [5.74, 6) is 0.396. The Morgan fingerprint density at radius 3 is 2.69 bits per heavy atom. The van der Waals surface area contributed by atoms with Gasteiger partial charge in [0.05, 0.1) is 22.3 Å². The van der Waals surface area contributed by atoms with Crippen LogP contribution in [-0.4, -0.2) is 34.2 Å². The van der Waals surface area contributed by atoms with Gasteiger partial charge in [-0.25, -0.2) is 18.4 Å². The number of nitrogens with zero attached hydrogens (tertiary/aromatic N) is 4. The Hall–Kier alpha value is -3.26. The Kier molecular flexibility index (Phi) is 4.79. The van der Waals surface area contributed by atoms with Crippen LogP contribution in [0.25, 0.3) is 22.2 Å². The number of aromatic nitrogens is 4. The molecule has 0 aliphatic rings. The van der Waals surface area contributed by atoms with Gasteiger partial charge in [0.2, 0.25) is 5.95 Å². The van der Waals surface area contributed by atoms with Gasteiger partial charge in [-0.2, -0.15) is 0 Å². The SMILES string of the molecule is CC(C)n1cc(-c2ccnc(Nc3cccc(S(C)(=O)=O)c3)n2)c2ccncc21. The molecule has 0 spiro atoms. The van der Waals surface area contributed by atoms with Crippen molar-refractivity contribution in [3.05, 3.63) is 61.2 Å². The zero-order valence-electron chi connectivity index (χ0n) is 16.4. The highest BCUT2D eigenvalue weighted by Crippen LogP contribution is 2.31. The van der Waals surface area contributed by atoms with Crippen LogP contribution in [0.2, 0.25) is 0 Å². The summed E-state index contributed by atoms with van der Waals surface area (Å²) in [5, 5.41) is 4.17. The van der Waals surface area contributed by atoms with Crippen molar-refractivity contribution in [2.24, 2.45) is 0 Å². The van der Waals surface area contributed by atoms with E-state index < -0.39 is 9.84 Å². The van der Waals surface area contributed by atoms with Crippen molar-refractivity contribution >= 4 is 32.4 Å². The fourth-order valence-corrected chi connectivity index (χ4v) is 3.90. The highest BCUT2D eigenvalue weighted by Gasteiger charge is 2.14. The van der Waals surface area contributed by atoms with E-state index in [4.69, 9.17) is 0 Å². The summed E-state index contributed by atoms with van der Waals surface area (Å²) in [6, 6.07) is 10.7. The van der Waals surface area contributed by atoms with E-state index in [1.165, 1.54) is 6.26 Å². The number of hydrogen-bond donors (Lipinski definition) is 1. The molecule has 29 heavy (non-hydrogen) atoms. The van der Waals surface area contributed by atoms with E-state index in [1.807, 2.05) is 18.3 Å². The number of benzene rings is 1. The van der Waals surface area contributed by atoms with Crippen LogP contribution in [0.1, 0.15) is 19.9 Å². The molecule has 0 fully saturated rings. The van der Waals surface area contributed by atoms with Crippen molar-refractivity contribution < 1.29 is 8.42 Å². The predicted octanol–water partition coefficient (Wildman–Crippen LogP) is 4.22. The Balaban J connectivity index is 1.73. The van der Waals surface area contributed by atoms with Gasteiger partial charge in [0.25, 0.3) is 0 Å². The molecular weight excluding hydrogens is 386 g/mol. The quantitative estimate of drug-likeness (QED) is 0.533. The van der Waals surface area contributed by atoms with E-state index in [1.54, 1.807) is 36.7 Å². The van der Waals surface area contributed by atoms with Gasteiger partial charge in [-0.05, 0) is 44.2 Å². The van der Waals surface area contributed by atoms with Crippen LogP contribution in [-0.2, 0) is 9.84 Å². The van der Waals surface area contributed by atoms with E-state index in [-0.39, 0.29) is 10.9 Å². The first-order valence-electron chi connectivity index (χ1n) is 9.18. The highest BCUT2D eigenvalue weighted by molar-refractivity contribution is 7.90. The zero-order valence-corrected chi connectivity index (χ0v) is 17.2. The van der Waals surface area contributed by atoms with Crippen molar-refractivity contribution in [2.75, 3.05) is 11.6 Å². The van der Waals surface area contributed by atoms with Gasteiger partial charge in [-0.3, -0.25) is 4.98 Å². The van der Waals surface area contributed by atoms with Crippen LogP contribution in [0.5, 0.6) is 0 Å². The Morgan fingerprint density at radius 2 is 1.93 bits per heavy atom. The third-order valence-corrected chi connectivity index (χ3v) is 5.75. The standard InChI is InChI=1S/C21H21N5O2S/c1-14(2)26-13-18(17-7-9-22-12-20(17)26)19-8-10-23-21(25-19)24-15-5-4-6-16(11-15)29(3,27)28/h4-14H,1-3H3,(H,23,24,25). The van der Waals surface area contributed by atoms with Crippen molar-refractivity contribution in [3.8, 4) is 11.3 Å². The van der Waals surface area contributed by atoms with Gasteiger partial charge in [-0.1, -0.05) is 6.07 Å². The van der Waals surface area contributed by atoms with Crippen LogP contribution >= 0.6 is 0 Å². The lowest BCUT2D eigenvalue weighted by atomic mass is 10.1. The molecule has 3 aromatic heterocycles. The fourth-order valence-electron chi connectivity index (χ4n) is 3.23. The van der Waals surface area contributed by atoms with Crippen LogP contribution in [0, 0.1) is 0 Å². The summed E-state index contributed by atoms with van der Waals surface area (Å²) in [6.07, 6.45) is 8.57. The monoisotopic (exact) mass is 407 g/mol. The second kappa shape index (κ2) is 7.29. The summed E-state index contributed by atoms with van der Waals surface area (Å²) >= 11 is 0. The van der Waals surface area contributed by atoms with E-state index in [0.717, 1.165) is 22.2 Å². The molecule has 0 aliphatic heterocycles. The van der Waals surface area contributed by atoms with Crippen molar-refractivity contribution in [1.29, 1.82) is 0 Å². The predicted molar refractivity (Wildman–Crippen MR) is 114 cm³/mol. The minimum atomic E-state index is -3.29. The molecule has 1 aromatic carbocycles. The molecule has 0 amide bonds. The lowest BCUT2D eigenvalue weighted by Crippen LogP contribution is -2.01. The third kappa shape index (κ3) is 3.84. The van der Waals surface area contributed by atoms with E-state index >= 15 is 0 Å². The Morgan fingerprint density at radius 1 is 1.10 bits per heavy atom. The van der Waals surface area contributed by atoms with Crippen LogP contribution in [0.15, 0.2) is 66.1 Å². The summed E-state index contributed by atoms with van der Waals surface area (Å²) in [5.41, 5.74) is 3.43. The molecule has 0 atom stereocenters. The van der Waals surface area contributed by atoms with Gasteiger partial charge in [0.15, 0.2) is 9.84 Å². The van der Waals surface area contributed by atoms with Crippen molar-refractivity contribution in [3.63, 3.8) is 0 Å². The maximum Gasteiger partial charge on any atom is 0.227 e. The largest absolute Gasteiger partial charge is 0.343 e. The van der Waals surface area contributed by atoms with E-state index in [9.17, 15) is 8.42 Å². The number of sulfone groups is 1. The first-order valence-corrected chi connectivity index (χ1v) is 11.1. The second-order valence-electron chi connectivity index (χ2n) is 7.13. The Bertz CT molecular complexity index is 1300. The number of fused-ring (bicyclic) bond motifs is 1. The molecule has 3 heterocycles. The minimum Gasteiger partial charge on any atom is -0.343 e. The molecule has 0 aliphatic carbocycles. The lowest BCUT2D eigenvalue weighted by Gasteiger charge is -2.08. The number of hydrogen-bond acceptors (Lipinski definition) is 6. The molecule has 8 heteroatoms. The molecule has 0 saturated carbocycles. The third-order valence-electron chi connectivity index (χ3n) is 4.64. The first kappa shape index (κ1) is 19.1. The van der Waals surface area contributed by atoms with Crippen LogP contribution in [0.3, 0.4) is 0 Å². The first-order chi connectivity index (χ1) is 13.8. The average molecular weight is 407 g/mol. The Labute approximate surface area is 169 Å². The van der Waals surface area contributed by atoms with Gasteiger partial charge >= 0.3 is 0 Å². The molecular formula is C21H21N5O2S. The number of nitrogens with one attached hydrogen (secondary N) is 1. The summed E-state index contributed by atoms with van der Waals surface area (Å²) in [6.45, 7) is 4.25. The van der Waals surface area contributed by atoms with Crippen LogP contribution < -0.4 is 5.32 Å². The number of anilines is 2. The topological polar surface area (TPSA) is 89.8 Å². The highest BCUT2D eigenvalue weighted by atomic mass is 32.2. The fraction of sp³-hybridized carbons (Fsp3) is 0.190. The minimum absolute atomic E-state index is 0.242. The number of pyridine rings is 1. The molecule has 0 radical (unpaired) electrons. The summed E-state index contributed by atoms with van der Waals surface area (Å²) < 4.78 is 25.8. The second-order valence-corrected chi connectivity index (χ2v) is 9.14. The molecule has 0 unspecified atom stereocenters. The maximum atomic E-state index is 11.8. The molecule has 0 bridgehead atoms. The lowest BCUT2D eigenvalue weighted by molar-refractivity contribution is 0.602. The molecule has 4 rings (SSSR count). The van der Waals surface area contributed by atoms with Gasteiger partial charge in [-0.15, -0.1) is 0 Å². The van der Waals surface area contributed by atoms with E-state index in [2.05, 4.69) is 44.9 Å². The zero-order chi connectivity index (χ0) is 20.6. The number of rotatable bonds is 5. The van der Waals surface area contributed by atoms with E-state index in [0.29, 0.717) is 11.6 Å². The molecule has 148 valence electrons. The molecule has 7 nitrogen and oxygen atoms in total. The smallest absolute Gasteiger partial charge is 0.227 e.